The molecule has 18 heavy (non-hydrogen) atoms. The van der Waals surface area contributed by atoms with Crippen molar-refractivity contribution < 1.29 is 9.47 Å². The van der Waals surface area contributed by atoms with Gasteiger partial charge in [0.05, 0.1) is 18.2 Å². The van der Waals surface area contributed by atoms with Crippen LogP contribution in [0.2, 0.25) is 5.02 Å². The summed E-state index contributed by atoms with van der Waals surface area (Å²) in [4.78, 5) is 0. The maximum atomic E-state index is 6.24. The highest BCUT2D eigenvalue weighted by Crippen LogP contribution is 2.38. The Morgan fingerprint density at radius 1 is 1.39 bits per heavy atom. The number of allylic oxidation sites excluding steroid dienone is 1. The maximum absolute atomic E-state index is 6.24. The van der Waals surface area contributed by atoms with Crippen molar-refractivity contribution in [3.8, 4) is 11.5 Å². The van der Waals surface area contributed by atoms with Gasteiger partial charge in [0.1, 0.15) is 0 Å². The molecule has 0 bridgehead atoms. The summed E-state index contributed by atoms with van der Waals surface area (Å²) in [6.07, 6.45) is 4.03. The summed E-state index contributed by atoms with van der Waals surface area (Å²) in [6, 6.07) is 3.91. The molecular weight excluding hydrogens is 316 g/mol. The molecule has 0 saturated carbocycles. The first-order valence-electron chi connectivity index (χ1n) is 6.09. The predicted molar refractivity (Wildman–Crippen MR) is 79.1 cm³/mol. The van der Waals surface area contributed by atoms with Gasteiger partial charge in [-0.1, -0.05) is 46.1 Å². The lowest BCUT2D eigenvalue weighted by Gasteiger charge is -2.10. The first kappa shape index (κ1) is 13.8. The van der Waals surface area contributed by atoms with E-state index in [1.165, 1.54) is 5.57 Å². The molecule has 1 aromatic rings. The molecule has 1 heterocycles. The van der Waals surface area contributed by atoms with Gasteiger partial charge in [0.25, 0.3) is 0 Å². The molecule has 0 saturated heterocycles. The smallest absolute Gasteiger partial charge is 0.179 e. The van der Waals surface area contributed by atoms with E-state index in [-0.39, 0.29) is 0 Å². The third-order valence-corrected chi connectivity index (χ3v) is 3.82. The Bertz CT molecular complexity index is 451. The zero-order valence-electron chi connectivity index (χ0n) is 10.3. The number of hydrogen-bond donors (Lipinski definition) is 0. The number of alkyl halides is 1. The molecule has 0 aromatic heterocycles. The summed E-state index contributed by atoms with van der Waals surface area (Å²) in [5.41, 5.74) is 2.38. The molecule has 4 heteroatoms. The van der Waals surface area contributed by atoms with E-state index >= 15 is 0 Å². The van der Waals surface area contributed by atoms with E-state index in [1.54, 1.807) is 0 Å². The predicted octanol–water partition coefficient (Wildman–Crippen LogP) is 4.69. The fourth-order valence-electron chi connectivity index (χ4n) is 1.80. The minimum atomic E-state index is 0.616. The van der Waals surface area contributed by atoms with Crippen LogP contribution < -0.4 is 9.47 Å². The van der Waals surface area contributed by atoms with Gasteiger partial charge in [-0.15, -0.1) is 0 Å². The molecule has 0 unspecified atom stereocenters. The number of ether oxygens (including phenoxy) is 2. The number of rotatable bonds is 3. The van der Waals surface area contributed by atoms with Gasteiger partial charge in [0, 0.05) is 11.8 Å². The van der Waals surface area contributed by atoms with Crippen LogP contribution in [0.15, 0.2) is 17.7 Å². The fraction of sp³-hybridized carbons (Fsp3) is 0.429. The molecule has 98 valence electrons. The molecule has 1 aliphatic rings. The van der Waals surface area contributed by atoms with E-state index < -0.39 is 0 Å². The van der Waals surface area contributed by atoms with Crippen LogP contribution >= 0.6 is 27.5 Å². The van der Waals surface area contributed by atoms with Crippen molar-refractivity contribution in [3.05, 3.63) is 28.3 Å². The second kappa shape index (κ2) is 6.48. The summed E-state index contributed by atoms with van der Waals surface area (Å²) >= 11 is 9.73. The van der Waals surface area contributed by atoms with Gasteiger partial charge in [-0.25, -0.2) is 0 Å². The number of fused-ring (bicyclic) bond motifs is 1. The first-order valence-corrected chi connectivity index (χ1v) is 7.59. The van der Waals surface area contributed by atoms with Crippen LogP contribution in [-0.4, -0.2) is 18.5 Å². The molecule has 1 aliphatic heterocycles. The minimum absolute atomic E-state index is 0.616. The first-order chi connectivity index (χ1) is 8.74. The van der Waals surface area contributed by atoms with Crippen LogP contribution in [-0.2, 0) is 0 Å². The topological polar surface area (TPSA) is 18.5 Å². The van der Waals surface area contributed by atoms with Crippen molar-refractivity contribution in [2.24, 2.45) is 0 Å². The largest absolute Gasteiger partial charge is 0.489 e. The highest BCUT2D eigenvalue weighted by atomic mass is 79.9. The summed E-state index contributed by atoms with van der Waals surface area (Å²) < 4.78 is 11.3. The van der Waals surface area contributed by atoms with Crippen molar-refractivity contribution >= 4 is 33.6 Å². The van der Waals surface area contributed by atoms with Gasteiger partial charge < -0.3 is 9.47 Å². The van der Waals surface area contributed by atoms with Gasteiger partial charge in [0.15, 0.2) is 11.5 Å². The molecule has 2 rings (SSSR count). The lowest BCUT2D eigenvalue weighted by atomic mass is 10.1. The Morgan fingerprint density at radius 2 is 2.17 bits per heavy atom. The highest BCUT2D eigenvalue weighted by Gasteiger charge is 2.15. The van der Waals surface area contributed by atoms with Crippen LogP contribution in [0, 0.1) is 0 Å². The van der Waals surface area contributed by atoms with Gasteiger partial charge in [-0.3, -0.25) is 0 Å². The van der Waals surface area contributed by atoms with Gasteiger partial charge in [0.2, 0.25) is 0 Å². The fourth-order valence-corrected chi connectivity index (χ4v) is 2.64. The Morgan fingerprint density at radius 3 is 2.89 bits per heavy atom. The Labute approximate surface area is 121 Å². The van der Waals surface area contributed by atoms with Crippen molar-refractivity contribution in [3.63, 3.8) is 0 Å². The zero-order valence-corrected chi connectivity index (χ0v) is 12.7. The van der Waals surface area contributed by atoms with Crippen LogP contribution in [0.3, 0.4) is 0 Å². The molecule has 0 radical (unpaired) electrons. The number of halogens is 2. The normalized spacial score (nSPS) is 15.4. The van der Waals surface area contributed by atoms with Crippen molar-refractivity contribution in [2.75, 3.05) is 18.5 Å². The molecule has 2 nitrogen and oxygen atoms in total. The van der Waals surface area contributed by atoms with Gasteiger partial charge >= 0.3 is 0 Å². The van der Waals surface area contributed by atoms with E-state index in [0.717, 1.165) is 29.5 Å². The van der Waals surface area contributed by atoms with Gasteiger partial charge in [-0.2, -0.15) is 0 Å². The highest BCUT2D eigenvalue weighted by molar-refractivity contribution is 9.09. The van der Waals surface area contributed by atoms with E-state index in [4.69, 9.17) is 21.1 Å². The third kappa shape index (κ3) is 3.21. The molecular formula is C14H16BrClO2. The second-order valence-electron chi connectivity index (χ2n) is 4.17. The van der Waals surface area contributed by atoms with Crippen molar-refractivity contribution in [2.45, 2.75) is 19.8 Å². The SMILES string of the molecule is CCC(=Cc1cc(Cl)c2c(c1)OCCCO2)CBr. The molecule has 0 fully saturated rings. The average Bonchev–Trinajstić information content (AvgIpc) is 2.61. The Kier molecular flexibility index (Phi) is 4.95. The molecule has 0 aliphatic carbocycles. The lowest BCUT2D eigenvalue weighted by Crippen LogP contribution is -1.97. The zero-order chi connectivity index (χ0) is 13.0. The van der Waals surface area contributed by atoms with E-state index in [0.29, 0.717) is 24.0 Å². The van der Waals surface area contributed by atoms with Gasteiger partial charge in [-0.05, 0) is 24.1 Å². The second-order valence-corrected chi connectivity index (χ2v) is 5.14. The lowest BCUT2D eigenvalue weighted by molar-refractivity contribution is 0.297. The standard InChI is InChI=1S/C14H16BrClO2/c1-2-10(9-15)6-11-7-12(16)14-13(8-11)17-4-3-5-18-14/h6-8H,2-5,9H2,1H3. The third-order valence-electron chi connectivity index (χ3n) is 2.82. The van der Waals surface area contributed by atoms with Crippen LogP contribution in [0.5, 0.6) is 11.5 Å². The summed E-state index contributed by atoms with van der Waals surface area (Å²) in [6.45, 7) is 3.47. The molecule has 0 spiro atoms. The average molecular weight is 332 g/mol. The molecule has 0 N–H and O–H groups in total. The van der Waals surface area contributed by atoms with E-state index in [9.17, 15) is 0 Å². The summed E-state index contributed by atoms with van der Waals surface area (Å²) in [5, 5.41) is 1.49. The molecule has 0 atom stereocenters. The monoisotopic (exact) mass is 330 g/mol. The summed E-state index contributed by atoms with van der Waals surface area (Å²) in [7, 11) is 0. The molecule has 0 amide bonds. The quantitative estimate of drug-likeness (QED) is 0.748. The van der Waals surface area contributed by atoms with Crippen LogP contribution in [0.25, 0.3) is 6.08 Å². The van der Waals surface area contributed by atoms with Crippen LogP contribution in [0.4, 0.5) is 0 Å². The molecule has 1 aromatic carbocycles. The minimum Gasteiger partial charge on any atom is -0.489 e. The van der Waals surface area contributed by atoms with Crippen molar-refractivity contribution in [1.82, 2.24) is 0 Å². The Hall–Kier alpha value is -0.670. The summed E-state index contributed by atoms with van der Waals surface area (Å²) in [5.74, 6) is 1.42. The van der Waals surface area contributed by atoms with E-state index in [2.05, 4.69) is 28.9 Å². The maximum Gasteiger partial charge on any atom is 0.179 e. The number of hydrogen-bond acceptors (Lipinski definition) is 2. The number of benzene rings is 1. The van der Waals surface area contributed by atoms with E-state index in [1.807, 2.05) is 12.1 Å². The van der Waals surface area contributed by atoms with Crippen LogP contribution in [0.1, 0.15) is 25.3 Å². The Balaban J connectivity index is 2.37. The van der Waals surface area contributed by atoms with Crippen molar-refractivity contribution in [1.29, 1.82) is 0 Å².